The first kappa shape index (κ1) is 8.01. The highest BCUT2D eigenvalue weighted by Crippen LogP contribution is 2.33. The number of nitrogens with zero attached hydrogens (tertiary/aromatic N) is 1. The molecule has 1 aliphatic rings. The third-order valence-corrected chi connectivity index (χ3v) is 2.92. The van der Waals surface area contributed by atoms with Crippen molar-refractivity contribution in [1.82, 2.24) is 4.98 Å². The number of aromatic nitrogens is 1. The second kappa shape index (κ2) is 2.71. The van der Waals surface area contributed by atoms with Crippen LogP contribution >= 0.6 is 27.5 Å². The highest BCUT2D eigenvalue weighted by Gasteiger charge is 2.22. The van der Waals surface area contributed by atoms with Crippen LogP contribution < -0.4 is 5.32 Å². The van der Waals surface area contributed by atoms with E-state index in [9.17, 15) is 4.79 Å². The predicted molar refractivity (Wildman–Crippen MR) is 49.3 cm³/mol. The Hall–Kier alpha value is -0.610. The molecule has 0 aromatic carbocycles. The fourth-order valence-corrected chi connectivity index (χ4v) is 1.66. The summed E-state index contributed by atoms with van der Waals surface area (Å²) in [4.78, 5) is 14.9. The number of amides is 1. The third kappa shape index (κ3) is 1.11. The van der Waals surface area contributed by atoms with Crippen LogP contribution in [0.3, 0.4) is 0 Å². The largest absolute Gasteiger partial charge is 0.310 e. The molecule has 2 heterocycles. The normalized spacial score (nSPS) is 14.3. The highest BCUT2D eigenvalue weighted by atomic mass is 79.9. The van der Waals surface area contributed by atoms with E-state index in [0.29, 0.717) is 17.3 Å². The number of fused-ring (bicyclic) bond motifs is 1. The molecule has 0 unspecified atom stereocenters. The van der Waals surface area contributed by atoms with Crippen molar-refractivity contribution in [3.05, 3.63) is 21.3 Å². The lowest BCUT2D eigenvalue weighted by Crippen LogP contribution is -2.04. The Morgan fingerprint density at radius 1 is 1.67 bits per heavy atom. The molecule has 62 valence electrons. The van der Waals surface area contributed by atoms with Crippen LogP contribution in [0, 0.1) is 0 Å². The minimum atomic E-state index is -0.0579. The van der Waals surface area contributed by atoms with E-state index >= 15 is 0 Å². The van der Waals surface area contributed by atoms with Crippen molar-refractivity contribution in [2.75, 3.05) is 5.32 Å². The van der Waals surface area contributed by atoms with E-state index in [1.807, 2.05) is 0 Å². The van der Waals surface area contributed by atoms with Gasteiger partial charge in [-0.1, -0.05) is 11.6 Å². The monoisotopic (exact) mass is 246 g/mol. The second-order valence-corrected chi connectivity index (χ2v) is 3.70. The zero-order chi connectivity index (χ0) is 8.72. The van der Waals surface area contributed by atoms with Crippen molar-refractivity contribution in [3.8, 4) is 0 Å². The number of rotatable bonds is 0. The third-order valence-electron chi connectivity index (χ3n) is 1.66. The molecule has 0 atom stereocenters. The maximum Gasteiger partial charge on any atom is 0.230 e. The molecule has 0 radical (unpaired) electrons. The zero-order valence-electron chi connectivity index (χ0n) is 5.90. The Kier molecular flexibility index (Phi) is 1.81. The Labute approximate surface area is 82.3 Å². The van der Waals surface area contributed by atoms with Crippen LogP contribution in [0.25, 0.3) is 0 Å². The Morgan fingerprint density at radius 3 is 3.17 bits per heavy atom. The van der Waals surface area contributed by atoms with E-state index in [4.69, 9.17) is 11.6 Å². The van der Waals surface area contributed by atoms with E-state index in [2.05, 4.69) is 26.2 Å². The molecule has 12 heavy (non-hydrogen) atoms. The van der Waals surface area contributed by atoms with Crippen molar-refractivity contribution in [3.63, 3.8) is 0 Å². The van der Waals surface area contributed by atoms with Gasteiger partial charge in [0.25, 0.3) is 0 Å². The summed E-state index contributed by atoms with van der Waals surface area (Å²) in [5, 5.41) is 3.18. The van der Waals surface area contributed by atoms with Gasteiger partial charge in [0.05, 0.1) is 15.9 Å². The topological polar surface area (TPSA) is 42.0 Å². The van der Waals surface area contributed by atoms with Crippen molar-refractivity contribution < 1.29 is 4.79 Å². The van der Waals surface area contributed by atoms with Crippen LogP contribution in [0.2, 0.25) is 5.02 Å². The van der Waals surface area contributed by atoms with E-state index in [1.54, 1.807) is 6.20 Å². The summed E-state index contributed by atoms with van der Waals surface area (Å²) in [6.07, 6.45) is 1.90. The van der Waals surface area contributed by atoms with Crippen LogP contribution in [0.1, 0.15) is 5.56 Å². The Balaban J connectivity index is 2.61. The Bertz CT molecular complexity index is 367. The van der Waals surface area contributed by atoms with Crippen LogP contribution in [-0.4, -0.2) is 10.9 Å². The fraction of sp³-hybridized carbons (Fsp3) is 0.143. The van der Waals surface area contributed by atoms with Gasteiger partial charge in [0.1, 0.15) is 5.82 Å². The summed E-state index contributed by atoms with van der Waals surface area (Å²) in [6, 6.07) is 0. The molecular weight excluding hydrogens is 243 g/mol. The number of nitrogens with one attached hydrogen (secondary N) is 1. The standard InChI is InChI=1S/C7H4BrClN2O/c8-4-2-10-7-3(6(4)9)1-5(12)11-7/h2H,1H2,(H,10,11,12). The highest BCUT2D eigenvalue weighted by molar-refractivity contribution is 9.10. The van der Waals surface area contributed by atoms with Gasteiger partial charge in [-0.05, 0) is 15.9 Å². The quantitative estimate of drug-likeness (QED) is 0.762. The summed E-state index contributed by atoms with van der Waals surface area (Å²) < 4.78 is 0.722. The van der Waals surface area contributed by atoms with Crippen molar-refractivity contribution in [1.29, 1.82) is 0 Å². The first-order chi connectivity index (χ1) is 5.68. The molecule has 1 aliphatic heterocycles. The van der Waals surface area contributed by atoms with Gasteiger partial charge >= 0.3 is 0 Å². The van der Waals surface area contributed by atoms with E-state index in [-0.39, 0.29) is 5.91 Å². The number of carbonyl (C=O) groups excluding carboxylic acids is 1. The molecule has 0 saturated carbocycles. The van der Waals surface area contributed by atoms with Gasteiger partial charge in [-0.2, -0.15) is 0 Å². The summed E-state index contributed by atoms with van der Waals surface area (Å²) in [5.74, 6) is 0.519. The number of hydrogen-bond donors (Lipinski definition) is 1. The first-order valence-electron chi connectivity index (χ1n) is 3.31. The number of anilines is 1. The van der Waals surface area contributed by atoms with Crippen molar-refractivity contribution in [2.24, 2.45) is 0 Å². The van der Waals surface area contributed by atoms with Gasteiger partial charge in [0.2, 0.25) is 5.91 Å². The maximum absolute atomic E-state index is 10.9. The summed E-state index contributed by atoms with van der Waals surface area (Å²) in [5.41, 5.74) is 0.774. The summed E-state index contributed by atoms with van der Waals surface area (Å²) >= 11 is 9.16. The average molecular weight is 247 g/mol. The molecule has 1 aromatic heterocycles. The lowest BCUT2D eigenvalue weighted by Gasteiger charge is -2.00. The van der Waals surface area contributed by atoms with E-state index in [0.717, 1.165) is 10.0 Å². The molecule has 0 fully saturated rings. The van der Waals surface area contributed by atoms with Gasteiger partial charge in [-0.15, -0.1) is 0 Å². The lowest BCUT2D eigenvalue weighted by atomic mass is 10.2. The minimum Gasteiger partial charge on any atom is -0.310 e. The number of carbonyl (C=O) groups is 1. The second-order valence-electron chi connectivity index (χ2n) is 2.47. The smallest absolute Gasteiger partial charge is 0.230 e. The van der Waals surface area contributed by atoms with Crippen LogP contribution in [0.4, 0.5) is 5.82 Å². The molecule has 1 amide bonds. The molecule has 3 nitrogen and oxygen atoms in total. The molecule has 1 N–H and O–H groups in total. The first-order valence-corrected chi connectivity index (χ1v) is 4.48. The van der Waals surface area contributed by atoms with E-state index < -0.39 is 0 Å². The van der Waals surface area contributed by atoms with Crippen LogP contribution in [0.5, 0.6) is 0 Å². The van der Waals surface area contributed by atoms with Crippen molar-refractivity contribution in [2.45, 2.75) is 6.42 Å². The van der Waals surface area contributed by atoms with Gasteiger partial charge in [-0.3, -0.25) is 4.79 Å². The minimum absolute atomic E-state index is 0.0579. The molecule has 5 heteroatoms. The molecule has 0 bridgehead atoms. The summed E-state index contributed by atoms with van der Waals surface area (Å²) in [7, 11) is 0. The number of pyridine rings is 1. The predicted octanol–water partition coefficient (Wildman–Crippen LogP) is 1.99. The van der Waals surface area contributed by atoms with Gasteiger partial charge in [0.15, 0.2) is 0 Å². The summed E-state index contributed by atoms with van der Waals surface area (Å²) in [6.45, 7) is 0. The molecule has 0 spiro atoms. The van der Waals surface area contributed by atoms with Crippen LogP contribution in [-0.2, 0) is 11.2 Å². The molecule has 0 saturated heterocycles. The SMILES string of the molecule is O=C1Cc2c(ncc(Br)c2Cl)N1. The fourth-order valence-electron chi connectivity index (χ4n) is 1.11. The molecule has 1 aromatic rings. The lowest BCUT2D eigenvalue weighted by molar-refractivity contribution is -0.115. The molecular formula is C7H4BrClN2O. The van der Waals surface area contributed by atoms with Gasteiger partial charge < -0.3 is 5.32 Å². The van der Waals surface area contributed by atoms with Crippen LogP contribution in [0.15, 0.2) is 10.7 Å². The average Bonchev–Trinajstić information content (AvgIpc) is 2.39. The van der Waals surface area contributed by atoms with Gasteiger partial charge in [0, 0.05) is 11.8 Å². The van der Waals surface area contributed by atoms with Crippen molar-refractivity contribution >= 4 is 39.3 Å². The van der Waals surface area contributed by atoms with E-state index in [1.165, 1.54) is 0 Å². The maximum atomic E-state index is 10.9. The van der Waals surface area contributed by atoms with Gasteiger partial charge in [-0.25, -0.2) is 4.98 Å². The number of halogens is 2. The molecule has 2 rings (SSSR count). The Morgan fingerprint density at radius 2 is 2.42 bits per heavy atom. The number of hydrogen-bond acceptors (Lipinski definition) is 2. The zero-order valence-corrected chi connectivity index (χ0v) is 8.24. The molecule has 0 aliphatic carbocycles.